The number of hydrogen-bond donors (Lipinski definition) is 1. The van der Waals surface area contributed by atoms with E-state index in [1.165, 1.54) is 16.9 Å². The Kier molecular flexibility index (Phi) is 5.68. The predicted octanol–water partition coefficient (Wildman–Crippen LogP) is 5.44. The van der Waals surface area contributed by atoms with Gasteiger partial charge in [-0.1, -0.05) is 41.4 Å². The number of halogens is 1. The SMILES string of the molecule is Cc1cccc(COc2ccc(Cl)cc2C=NNc2nc(C)cs2)c1. The summed E-state index contributed by atoms with van der Waals surface area (Å²) in [7, 11) is 0. The summed E-state index contributed by atoms with van der Waals surface area (Å²) < 4.78 is 5.95. The van der Waals surface area contributed by atoms with Crippen molar-refractivity contribution in [2.75, 3.05) is 5.43 Å². The van der Waals surface area contributed by atoms with Gasteiger partial charge in [-0.2, -0.15) is 5.10 Å². The highest BCUT2D eigenvalue weighted by molar-refractivity contribution is 7.13. The van der Waals surface area contributed by atoms with Crippen LogP contribution in [0.25, 0.3) is 0 Å². The fourth-order valence-corrected chi connectivity index (χ4v) is 3.09. The lowest BCUT2D eigenvalue weighted by atomic mass is 10.1. The second-order valence-corrected chi connectivity index (χ2v) is 6.92. The van der Waals surface area contributed by atoms with Crippen molar-refractivity contribution in [2.45, 2.75) is 20.5 Å². The minimum atomic E-state index is 0.489. The largest absolute Gasteiger partial charge is 0.488 e. The first-order valence-electron chi connectivity index (χ1n) is 7.79. The molecule has 0 spiro atoms. The van der Waals surface area contributed by atoms with Crippen LogP contribution in [0, 0.1) is 13.8 Å². The van der Waals surface area contributed by atoms with E-state index in [0.717, 1.165) is 27.7 Å². The molecule has 0 aliphatic carbocycles. The molecule has 0 bridgehead atoms. The number of aromatic nitrogens is 1. The average molecular weight is 372 g/mol. The molecule has 0 fully saturated rings. The third kappa shape index (κ3) is 5.05. The van der Waals surface area contributed by atoms with Gasteiger partial charge < -0.3 is 4.74 Å². The van der Waals surface area contributed by atoms with Gasteiger partial charge in [-0.25, -0.2) is 4.98 Å². The van der Waals surface area contributed by atoms with Crippen LogP contribution in [0.2, 0.25) is 5.02 Å². The molecule has 25 heavy (non-hydrogen) atoms. The molecular formula is C19H18ClN3OS. The number of rotatable bonds is 6. The molecule has 0 aliphatic rings. The van der Waals surface area contributed by atoms with E-state index in [-0.39, 0.29) is 0 Å². The van der Waals surface area contributed by atoms with Gasteiger partial charge in [0.1, 0.15) is 12.4 Å². The van der Waals surface area contributed by atoms with Crippen LogP contribution >= 0.6 is 22.9 Å². The summed E-state index contributed by atoms with van der Waals surface area (Å²) >= 11 is 7.61. The number of ether oxygens (including phenoxy) is 1. The molecule has 0 amide bonds. The number of anilines is 1. The number of hydrogen-bond acceptors (Lipinski definition) is 5. The molecule has 128 valence electrons. The fraction of sp³-hybridized carbons (Fsp3) is 0.158. The van der Waals surface area contributed by atoms with Gasteiger partial charge in [-0.3, -0.25) is 5.43 Å². The molecule has 3 aromatic rings. The normalized spacial score (nSPS) is 11.0. The summed E-state index contributed by atoms with van der Waals surface area (Å²) in [6.07, 6.45) is 1.69. The average Bonchev–Trinajstić information content (AvgIpc) is 2.99. The zero-order valence-electron chi connectivity index (χ0n) is 14.0. The van der Waals surface area contributed by atoms with Crippen LogP contribution in [0.3, 0.4) is 0 Å². The van der Waals surface area contributed by atoms with Crippen molar-refractivity contribution >= 4 is 34.3 Å². The quantitative estimate of drug-likeness (QED) is 0.463. The highest BCUT2D eigenvalue weighted by Crippen LogP contribution is 2.23. The Bertz CT molecular complexity index is 892. The summed E-state index contributed by atoms with van der Waals surface area (Å²) in [5.41, 5.74) is 7.02. The second-order valence-electron chi connectivity index (χ2n) is 5.62. The first-order chi connectivity index (χ1) is 12.1. The van der Waals surface area contributed by atoms with Gasteiger partial charge in [0.15, 0.2) is 0 Å². The zero-order valence-corrected chi connectivity index (χ0v) is 15.6. The highest BCUT2D eigenvalue weighted by atomic mass is 35.5. The minimum absolute atomic E-state index is 0.489. The van der Waals surface area contributed by atoms with E-state index in [1.54, 1.807) is 6.21 Å². The van der Waals surface area contributed by atoms with E-state index in [1.807, 2.05) is 42.6 Å². The molecule has 0 atom stereocenters. The van der Waals surface area contributed by atoms with Crippen molar-refractivity contribution < 1.29 is 4.74 Å². The molecule has 1 aromatic heterocycles. The van der Waals surface area contributed by atoms with Crippen LogP contribution in [-0.4, -0.2) is 11.2 Å². The van der Waals surface area contributed by atoms with Crippen molar-refractivity contribution in [2.24, 2.45) is 5.10 Å². The van der Waals surface area contributed by atoms with Gasteiger partial charge in [0.2, 0.25) is 5.13 Å². The van der Waals surface area contributed by atoms with Crippen molar-refractivity contribution in [3.63, 3.8) is 0 Å². The third-order valence-corrected chi connectivity index (χ3v) is 4.53. The maximum absolute atomic E-state index is 6.11. The molecule has 1 N–H and O–H groups in total. The molecule has 3 rings (SSSR count). The van der Waals surface area contributed by atoms with Crippen molar-refractivity contribution in [3.8, 4) is 5.75 Å². The number of nitrogens with one attached hydrogen (secondary N) is 1. The summed E-state index contributed by atoms with van der Waals surface area (Å²) in [6, 6.07) is 13.7. The molecule has 2 aromatic carbocycles. The van der Waals surface area contributed by atoms with E-state index in [9.17, 15) is 0 Å². The van der Waals surface area contributed by atoms with Crippen LogP contribution < -0.4 is 10.2 Å². The first kappa shape index (κ1) is 17.5. The Hall–Kier alpha value is -2.37. The molecule has 0 saturated carbocycles. The van der Waals surface area contributed by atoms with Gasteiger partial charge in [-0.15, -0.1) is 11.3 Å². The van der Waals surface area contributed by atoms with Crippen LogP contribution in [-0.2, 0) is 6.61 Å². The Balaban J connectivity index is 1.71. The fourth-order valence-electron chi connectivity index (χ4n) is 2.28. The van der Waals surface area contributed by atoms with Crippen LogP contribution in [0.4, 0.5) is 5.13 Å². The van der Waals surface area contributed by atoms with Gasteiger partial charge in [-0.05, 0) is 37.6 Å². The molecule has 1 heterocycles. The minimum Gasteiger partial charge on any atom is -0.488 e. The molecular weight excluding hydrogens is 354 g/mol. The summed E-state index contributed by atoms with van der Waals surface area (Å²) in [4.78, 5) is 4.30. The van der Waals surface area contributed by atoms with Crippen LogP contribution in [0.1, 0.15) is 22.4 Å². The zero-order chi connectivity index (χ0) is 17.6. The maximum Gasteiger partial charge on any atom is 0.203 e. The smallest absolute Gasteiger partial charge is 0.203 e. The molecule has 0 saturated heterocycles. The lowest BCUT2D eigenvalue weighted by Gasteiger charge is -2.10. The Morgan fingerprint density at radius 2 is 2.12 bits per heavy atom. The lowest BCUT2D eigenvalue weighted by Crippen LogP contribution is -1.99. The number of aryl methyl sites for hydroxylation is 2. The van der Waals surface area contributed by atoms with Gasteiger partial charge in [0, 0.05) is 16.0 Å². The van der Waals surface area contributed by atoms with E-state index in [4.69, 9.17) is 16.3 Å². The molecule has 0 aliphatic heterocycles. The Morgan fingerprint density at radius 1 is 1.24 bits per heavy atom. The van der Waals surface area contributed by atoms with Gasteiger partial charge >= 0.3 is 0 Å². The summed E-state index contributed by atoms with van der Waals surface area (Å²) in [5, 5.41) is 7.58. The number of hydrazone groups is 1. The van der Waals surface area contributed by atoms with E-state index in [2.05, 4.69) is 34.6 Å². The van der Waals surface area contributed by atoms with E-state index < -0.39 is 0 Å². The van der Waals surface area contributed by atoms with Crippen molar-refractivity contribution in [3.05, 3.63) is 75.3 Å². The Labute approximate surface area is 156 Å². The third-order valence-electron chi connectivity index (χ3n) is 3.43. The summed E-state index contributed by atoms with van der Waals surface area (Å²) in [5.74, 6) is 0.728. The maximum atomic E-state index is 6.11. The molecule has 6 heteroatoms. The Morgan fingerprint density at radius 3 is 2.88 bits per heavy atom. The monoisotopic (exact) mass is 371 g/mol. The van der Waals surface area contributed by atoms with Crippen molar-refractivity contribution in [1.29, 1.82) is 0 Å². The van der Waals surface area contributed by atoms with E-state index in [0.29, 0.717) is 11.6 Å². The van der Waals surface area contributed by atoms with Gasteiger partial charge in [0.25, 0.3) is 0 Å². The first-order valence-corrected chi connectivity index (χ1v) is 9.05. The number of nitrogens with zero attached hydrogens (tertiary/aromatic N) is 2. The van der Waals surface area contributed by atoms with Crippen LogP contribution in [0.15, 0.2) is 52.9 Å². The molecule has 0 unspecified atom stereocenters. The van der Waals surface area contributed by atoms with Crippen LogP contribution in [0.5, 0.6) is 5.75 Å². The molecule has 4 nitrogen and oxygen atoms in total. The highest BCUT2D eigenvalue weighted by Gasteiger charge is 2.04. The van der Waals surface area contributed by atoms with Crippen molar-refractivity contribution in [1.82, 2.24) is 4.98 Å². The predicted molar refractivity (Wildman–Crippen MR) is 105 cm³/mol. The van der Waals surface area contributed by atoms with Gasteiger partial charge in [0.05, 0.1) is 11.9 Å². The molecule has 0 radical (unpaired) electrons. The number of thiazole rings is 1. The second kappa shape index (κ2) is 8.14. The standard InChI is InChI=1S/C19H18ClN3OS/c1-13-4-3-5-15(8-13)11-24-18-7-6-17(20)9-16(18)10-21-23-19-22-14(2)12-25-19/h3-10,12H,11H2,1-2H3,(H,22,23). The van der Waals surface area contributed by atoms with E-state index >= 15 is 0 Å². The summed E-state index contributed by atoms with van der Waals surface area (Å²) in [6.45, 7) is 4.50. The topological polar surface area (TPSA) is 46.5 Å². The lowest BCUT2D eigenvalue weighted by molar-refractivity contribution is 0.305. The number of benzene rings is 2.